The van der Waals surface area contributed by atoms with Crippen LogP contribution in [0.3, 0.4) is 0 Å². The summed E-state index contributed by atoms with van der Waals surface area (Å²) in [7, 11) is 0.552. The second-order valence-corrected chi connectivity index (χ2v) is 15.4. The number of aliphatic carboxylic acids is 1. The number of carboxylic acid groups (broad SMARTS) is 1. The number of nitrogens with zero attached hydrogens (tertiary/aromatic N) is 4. The average molecular weight is 770 g/mol. The Balaban J connectivity index is 1.32. The molecule has 1 atom stereocenters. The van der Waals surface area contributed by atoms with Gasteiger partial charge in [0.15, 0.2) is 0 Å². The van der Waals surface area contributed by atoms with Crippen LogP contribution < -0.4 is 15.0 Å². The number of amides is 1. The highest BCUT2D eigenvalue weighted by molar-refractivity contribution is 7.84. The summed E-state index contributed by atoms with van der Waals surface area (Å²) in [5.74, 6) is 0.118. The lowest BCUT2D eigenvalue weighted by Crippen LogP contribution is -2.37. The largest absolute Gasteiger partial charge is 0.491 e. The monoisotopic (exact) mass is 769 g/mol. The lowest BCUT2D eigenvalue weighted by molar-refractivity contribution is -0.137. The van der Waals surface area contributed by atoms with Crippen molar-refractivity contribution in [1.29, 1.82) is 0 Å². The molecule has 0 bridgehead atoms. The molecule has 0 saturated heterocycles. The van der Waals surface area contributed by atoms with E-state index in [1.165, 1.54) is 0 Å². The first kappa shape index (κ1) is 41.4. The highest BCUT2D eigenvalue weighted by atomic mass is 32.2. The maximum absolute atomic E-state index is 13.8. The zero-order valence-corrected chi connectivity index (χ0v) is 33.4. The standard InChI is InChI=1S/C43H55N5O6S/c1-5-7-24-53-25-26-54-38-15-10-33(11-16-38)34-12-19-40-36(27-34)28-35(9-8-21-47(40)23-22-46(4)29-42(49)50)43(51)45-37-13-17-39(18-14-37)55(52)30-41-32(3)44-31-48(41)20-6-2/h10-19,27-28,31H,5-9,20-26,29-30H2,1-4H3,(H,45,51)(H,49,50)/b35-28+. The number of hydrogen-bond donors (Lipinski definition) is 2. The zero-order chi connectivity index (χ0) is 39.2. The van der Waals surface area contributed by atoms with Crippen molar-refractivity contribution in [3.63, 3.8) is 0 Å². The van der Waals surface area contributed by atoms with Crippen molar-refractivity contribution < 1.29 is 28.4 Å². The van der Waals surface area contributed by atoms with Gasteiger partial charge in [0.2, 0.25) is 0 Å². The van der Waals surface area contributed by atoms with E-state index in [0.717, 1.165) is 78.4 Å². The number of aryl methyl sites for hydroxylation is 2. The van der Waals surface area contributed by atoms with Gasteiger partial charge < -0.3 is 29.4 Å². The van der Waals surface area contributed by atoms with E-state index >= 15 is 0 Å². The maximum atomic E-state index is 13.8. The van der Waals surface area contributed by atoms with Crippen LogP contribution in [0.1, 0.15) is 62.9 Å². The van der Waals surface area contributed by atoms with Gasteiger partial charge in [0.05, 0.1) is 47.4 Å². The number of nitrogens with one attached hydrogen (secondary N) is 1. The summed E-state index contributed by atoms with van der Waals surface area (Å²) in [6, 6.07) is 21.5. The van der Waals surface area contributed by atoms with Gasteiger partial charge in [-0.15, -0.1) is 0 Å². The van der Waals surface area contributed by atoms with Crippen molar-refractivity contribution in [2.45, 2.75) is 70.1 Å². The second-order valence-electron chi connectivity index (χ2n) is 13.9. The van der Waals surface area contributed by atoms with E-state index in [9.17, 15) is 18.9 Å². The summed E-state index contributed by atoms with van der Waals surface area (Å²) in [4.78, 5) is 34.3. The first-order valence-electron chi connectivity index (χ1n) is 19.3. The van der Waals surface area contributed by atoms with Gasteiger partial charge in [-0.1, -0.05) is 38.5 Å². The van der Waals surface area contributed by atoms with Crippen LogP contribution in [0.5, 0.6) is 5.75 Å². The summed E-state index contributed by atoms with van der Waals surface area (Å²) >= 11 is 0. The van der Waals surface area contributed by atoms with Crippen LogP contribution in [-0.2, 0) is 37.4 Å². The number of ether oxygens (including phenoxy) is 2. The smallest absolute Gasteiger partial charge is 0.317 e. The lowest BCUT2D eigenvalue weighted by Gasteiger charge is -2.30. The number of anilines is 2. The highest BCUT2D eigenvalue weighted by Crippen LogP contribution is 2.33. The number of likely N-dealkylation sites (N-methyl/N-ethyl adjacent to an activating group) is 1. The molecule has 2 N–H and O–H groups in total. The third-order valence-electron chi connectivity index (χ3n) is 9.61. The molecule has 11 nitrogen and oxygen atoms in total. The Labute approximate surface area is 327 Å². The number of imidazole rings is 1. The average Bonchev–Trinajstić information content (AvgIpc) is 3.50. The van der Waals surface area contributed by atoms with Crippen molar-refractivity contribution in [1.82, 2.24) is 14.5 Å². The first-order valence-corrected chi connectivity index (χ1v) is 20.6. The van der Waals surface area contributed by atoms with Crippen molar-refractivity contribution in [3.05, 3.63) is 95.6 Å². The van der Waals surface area contributed by atoms with E-state index in [2.05, 4.69) is 51.8 Å². The zero-order valence-electron chi connectivity index (χ0n) is 32.6. The molecule has 0 radical (unpaired) electrons. The molecular weight excluding hydrogens is 715 g/mol. The Bertz CT molecular complexity index is 1920. The number of carbonyl (C=O) groups excluding carboxylic acids is 1. The van der Waals surface area contributed by atoms with Gasteiger partial charge >= 0.3 is 5.97 Å². The molecule has 5 rings (SSSR count). The number of rotatable bonds is 20. The summed E-state index contributed by atoms with van der Waals surface area (Å²) in [6.07, 6.45) is 8.22. The molecule has 0 fully saturated rings. The van der Waals surface area contributed by atoms with E-state index < -0.39 is 16.8 Å². The topological polar surface area (TPSA) is 126 Å². The molecule has 4 aromatic rings. The van der Waals surface area contributed by atoms with E-state index in [-0.39, 0.29) is 12.5 Å². The lowest BCUT2D eigenvalue weighted by atomic mass is 9.96. The molecule has 1 aliphatic heterocycles. The normalized spacial score (nSPS) is 14.4. The molecule has 1 aliphatic rings. The Morgan fingerprint density at radius 2 is 1.73 bits per heavy atom. The Hall–Kier alpha value is -4.78. The minimum absolute atomic E-state index is 0.0311. The second kappa shape index (κ2) is 20.8. The van der Waals surface area contributed by atoms with Gasteiger partial charge in [0, 0.05) is 54.6 Å². The molecule has 0 saturated carbocycles. The van der Waals surface area contributed by atoms with Crippen LogP contribution in [0, 0.1) is 6.92 Å². The Morgan fingerprint density at radius 1 is 0.964 bits per heavy atom. The fraction of sp³-hybridized carbons (Fsp3) is 0.419. The molecule has 2 heterocycles. The molecule has 1 aromatic heterocycles. The van der Waals surface area contributed by atoms with E-state index in [1.807, 2.05) is 62.8 Å². The van der Waals surface area contributed by atoms with Crippen LogP contribution in [0.25, 0.3) is 17.2 Å². The van der Waals surface area contributed by atoms with Gasteiger partial charge in [-0.05, 0) is 111 Å². The van der Waals surface area contributed by atoms with Crippen LogP contribution >= 0.6 is 0 Å². The fourth-order valence-corrected chi connectivity index (χ4v) is 7.77. The summed E-state index contributed by atoms with van der Waals surface area (Å²) in [5, 5.41) is 12.3. The van der Waals surface area contributed by atoms with Crippen molar-refractivity contribution in [2.24, 2.45) is 0 Å². The van der Waals surface area contributed by atoms with Gasteiger partial charge in [0.25, 0.3) is 5.91 Å². The molecule has 0 aliphatic carbocycles. The molecule has 1 unspecified atom stereocenters. The van der Waals surface area contributed by atoms with Gasteiger partial charge in [0.1, 0.15) is 12.4 Å². The number of unbranched alkanes of at least 4 members (excludes halogenated alkanes) is 1. The van der Waals surface area contributed by atoms with Crippen molar-refractivity contribution in [2.75, 3.05) is 63.3 Å². The van der Waals surface area contributed by atoms with Crippen LogP contribution in [0.15, 0.2) is 83.5 Å². The number of carboxylic acids is 1. The molecular formula is C43H55N5O6S. The molecule has 1 amide bonds. The van der Waals surface area contributed by atoms with Gasteiger partial charge in [-0.2, -0.15) is 0 Å². The Kier molecular flexibility index (Phi) is 15.6. The first-order chi connectivity index (χ1) is 26.6. The van der Waals surface area contributed by atoms with Crippen LogP contribution in [0.2, 0.25) is 0 Å². The van der Waals surface area contributed by atoms with Gasteiger partial charge in [-0.3, -0.25) is 18.7 Å². The Morgan fingerprint density at radius 3 is 2.45 bits per heavy atom. The SMILES string of the molecule is CCCCOCCOc1ccc(-c2ccc3c(c2)/C=C(/C(=O)Nc2ccc(S(=O)Cc4c(C)ncn4CCC)cc2)CCCN3CCN(C)CC(=O)O)cc1. The number of carbonyl (C=O) groups is 2. The molecule has 294 valence electrons. The van der Waals surface area contributed by atoms with E-state index in [1.54, 1.807) is 17.0 Å². The van der Waals surface area contributed by atoms with Crippen molar-refractivity contribution >= 4 is 40.1 Å². The minimum atomic E-state index is -1.26. The maximum Gasteiger partial charge on any atom is 0.317 e. The number of aromatic nitrogens is 2. The predicted molar refractivity (Wildman–Crippen MR) is 220 cm³/mol. The highest BCUT2D eigenvalue weighted by Gasteiger charge is 2.20. The third-order valence-corrected chi connectivity index (χ3v) is 10.9. The molecule has 55 heavy (non-hydrogen) atoms. The fourth-order valence-electron chi connectivity index (χ4n) is 6.54. The van der Waals surface area contributed by atoms with E-state index in [0.29, 0.717) is 61.2 Å². The number of hydrogen-bond acceptors (Lipinski definition) is 8. The molecule has 3 aromatic carbocycles. The summed E-state index contributed by atoms with van der Waals surface area (Å²) < 4.78 is 26.9. The van der Waals surface area contributed by atoms with E-state index in [4.69, 9.17) is 9.47 Å². The summed E-state index contributed by atoms with van der Waals surface area (Å²) in [5.41, 5.74) is 7.09. The quantitative estimate of drug-likeness (QED) is 0.0885. The molecule has 0 spiro atoms. The predicted octanol–water partition coefficient (Wildman–Crippen LogP) is 7.41. The van der Waals surface area contributed by atoms with Crippen LogP contribution in [-0.4, -0.2) is 88.7 Å². The number of benzene rings is 3. The third kappa shape index (κ3) is 12.1. The van der Waals surface area contributed by atoms with Crippen molar-refractivity contribution in [3.8, 4) is 16.9 Å². The van der Waals surface area contributed by atoms with Gasteiger partial charge in [-0.25, -0.2) is 4.98 Å². The molecule has 12 heteroatoms. The summed E-state index contributed by atoms with van der Waals surface area (Å²) in [6.45, 7) is 10.7. The van der Waals surface area contributed by atoms with Crippen LogP contribution in [0.4, 0.5) is 11.4 Å². The minimum Gasteiger partial charge on any atom is -0.491 e. The number of fused-ring (bicyclic) bond motifs is 1.